The Morgan fingerprint density at radius 1 is 1.26 bits per heavy atom. The Morgan fingerprint density at radius 3 is 2.37 bits per heavy atom. The first-order chi connectivity index (χ1) is 8.92. The SMILES string of the molecule is CCOc1cc(C)c(C(CC)CC(=O)O)c(C)c1C. The predicted octanol–water partition coefficient (Wildman–Crippen LogP) is 3.98. The van der Waals surface area contributed by atoms with Gasteiger partial charge in [0.2, 0.25) is 0 Å². The third-order valence-electron chi connectivity index (χ3n) is 3.73. The van der Waals surface area contributed by atoms with Crippen LogP contribution in [0.25, 0.3) is 0 Å². The number of carboxylic acid groups (broad SMARTS) is 1. The molecule has 0 saturated carbocycles. The smallest absolute Gasteiger partial charge is 0.303 e. The van der Waals surface area contributed by atoms with E-state index in [1.54, 1.807) is 0 Å². The number of benzene rings is 1. The third-order valence-corrected chi connectivity index (χ3v) is 3.73. The van der Waals surface area contributed by atoms with E-state index in [9.17, 15) is 4.79 Å². The van der Waals surface area contributed by atoms with Gasteiger partial charge in [0.1, 0.15) is 5.75 Å². The van der Waals surface area contributed by atoms with Crippen LogP contribution in [0.2, 0.25) is 0 Å². The van der Waals surface area contributed by atoms with Gasteiger partial charge in [-0.1, -0.05) is 6.92 Å². The van der Waals surface area contributed by atoms with Gasteiger partial charge in [-0.2, -0.15) is 0 Å². The molecule has 1 aromatic carbocycles. The molecule has 3 nitrogen and oxygen atoms in total. The van der Waals surface area contributed by atoms with Crippen LogP contribution in [0.5, 0.6) is 5.75 Å². The van der Waals surface area contributed by atoms with Crippen molar-refractivity contribution in [2.45, 2.75) is 53.4 Å². The fourth-order valence-corrected chi connectivity index (χ4v) is 2.66. The summed E-state index contributed by atoms with van der Waals surface area (Å²) in [6.45, 7) is 10.8. The lowest BCUT2D eigenvalue weighted by Gasteiger charge is -2.22. The molecule has 1 aromatic rings. The maximum atomic E-state index is 11.0. The summed E-state index contributed by atoms with van der Waals surface area (Å²) in [6.07, 6.45) is 1.02. The molecule has 1 N–H and O–H groups in total. The van der Waals surface area contributed by atoms with Crippen LogP contribution >= 0.6 is 0 Å². The number of hydrogen-bond donors (Lipinski definition) is 1. The van der Waals surface area contributed by atoms with Gasteiger partial charge in [-0.25, -0.2) is 0 Å². The Labute approximate surface area is 115 Å². The minimum atomic E-state index is -0.739. The van der Waals surface area contributed by atoms with E-state index in [1.165, 1.54) is 5.56 Å². The summed E-state index contributed by atoms with van der Waals surface area (Å²) in [5.41, 5.74) is 4.58. The standard InChI is InChI=1S/C16H24O3/c1-6-13(9-15(17)18)16-10(3)8-14(19-7-2)11(4)12(16)5/h8,13H,6-7,9H2,1-5H3,(H,17,18). The summed E-state index contributed by atoms with van der Waals surface area (Å²) in [4.78, 5) is 11.0. The van der Waals surface area contributed by atoms with Crippen molar-refractivity contribution in [3.63, 3.8) is 0 Å². The van der Waals surface area contributed by atoms with Crippen LogP contribution in [0.4, 0.5) is 0 Å². The van der Waals surface area contributed by atoms with Crippen molar-refractivity contribution in [1.82, 2.24) is 0 Å². The number of rotatable bonds is 6. The van der Waals surface area contributed by atoms with Crippen molar-refractivity contribution in [1.29, 1.82) is 0 Å². The van der Waals surface area contributed by atoms with E-state index in [1.807, 2.05) is 33.8 Å². The molecule has 0 aliphatic carbocycles. The zero-order valence-corrected chi connectivity index (χ0v) is 12.5. The molecule has 0 fully saturated rings. The maximum Gasteiger partial charge on any atom is 0.303 e. The van der Waals surface area contributed by atoms with Crippen molar-refractivity contribution in [2.75, 3.05) is 6.61 Å². The van der Waals surface area contributed by atoms with Gasteiger partial charge in [0, 0.05) is 0 Å². The average molecular weight is 264 g/mol. The fourth-order valence-electron chi connectivity index (χ4n) is 2.66. The molecule has 0 aliphatic rings. The third kappa shape index (κ3) is 3.49. The zero-order valence-electron chi connectivity index (χ0n) is 12.5. The summed E-state index contributed by atoms with van der Waals surface area (Å²) in [7, 11) is 0. The maximum absolute atomic E-state index is 11.0. The highest BCUT2D eigenvalue weighted by Crippen LogP contribution is 2.35. The van der Waals surface area contributed by atoms with E-state index in [2.05, 4.69) is 6.92 Å². The van der Waals surface area contributed by atoms with E-state index >= 15 is 0 Å². The molecule has 1 rings (SSSR count). The molecule has 0 radical (unpaired) electrons. The van der Waals surface area contributed by atoms with E-state index in [-0.39, 0.29) is 12.3 Å². The van der Waals surface area contributed by atoms with Crippen LogP contribution in [0.15, 0.2) is 6.07 Å². The first kappa shape index (κ1) is 15.5. The molecule has 0 aromatic heterocycles. The van der Waals surface area contributed by atoms with Crippen molar-refractivity contribution < 1.29 is 14.6 Å². The Kier molecular flexibility index (Phi) is 5.40. The monoisotopic (exact) mass is 264 g/mol. The molecule has 1 atom stereocenters. The first-order valence-electron chi connectivity index (χ1n) is 6.87. The van der Waals surface area contributed by atoms with E-state index in [4.69, 9.17) is 9.84 Å². The lowest BCUT2D eigenvalue weighted by Crippen LogP contribution is -2.10. The van der Waals surface area contributed by atoms with E-state index in [0.717, 1.165) is 28.9 Å². The van der Waals surface area contributed by atoms with Crippen LogP contribution in [-0.4, -0.2) is 17.7 Å². The molecular formula is C16H24O3. The van der Waals surface area contributed by atoms with Gasteiger partial charge >= 0.3 is 5.97 Å². The van der Waals surface area contributed by atoms with Gasteiger partial charge in [0.25, 0.3) is 0 Å². The molecule has 106 valence electrons. The fraction of sp³-hybridized carbons (Fsp3) is 0.562. The number of ether oxygens (including phenoxy) is 1. The Hall–Kier alpha value is -1.51. The molecule has 0 bridgehead atoms. The highest BCUT2D eigenvalue weighted by Gasteiger charge is 2.20. The van der Waals surface area contributed by atoms with Crippen molar-refractivity contribution in [2.24, 2.45) is 0 Å². The zero-order chi connectivity index (χ0) is 14.6. The van der Waals surface area contributed by atoms with Gasteiger partial charge in [0.15, 0.2) is 0 Å². The Morgan fingerprint density at radius 2 is 1.89 bits per heavy atom. The van der Waals surface area contributed by atoms with Crippen molar-refractivity contribution >= 4 is 5.97 Å². The highest BCUT2D eigenvalue weighted by molar-refractivity contribution is 5.68. The Bertz CT molecular complexity index is 464. The quantitative estimate of drug-likeness (QED) is 0.845. The minimum Gasteiger partial charge on any atom is -0.494 e. The summed E-state index contributed by atoms with van der Waals surface area (Å²) in [5.74, 6) is 0.246. The summed E-state index contributed by atoms with van der Waals surface area (Å²) in [5, 5.41) is 9.04. The lowest BCUT2D eigenvalue weighted by molar-refractivity contribution is -0.137. The van der Waals surface area contributed by atoms with Gasteiger partial charge < -0.3 is 9.84 Å². The van der Waals surface area contributed by atoms with Crippen molar-refractivity contribution in [3.8, 4) is 5.75 Å². The van der Waals surface area contributed by atoms with Gasteiger partial charge in [-0.05, 0) is 68.4 Å². The molecular weight excluding hydrogens is 240 g/mol. The summed E-state index contributed by atoms with van der Waals surface area (Å²) < 4.78 is 5.63. The molecule has 3 heteroatoms. The van der Waals surface area contributed by atoms with E-state index < -0.39 is 5.97 Å². The Balaban J connectivity index is 3.27. The van der Waals surface area contributed by atoms with Crippen LogP contribution in [-0.2, 0) is 4.79 Å². The number of aryl methyl sites for hydroxylation is 1. The number of aliphatic carboxylic acids is 1. The molecule has 0 saturated heterocycles. The van der Waals surface area contributed by atoms with Crippen LogP contribution in [0.3, 0.4) is 0 Å². The minimum absolute atomic E-state index is 0.0758. The van der Waals surface area contributed by atoms with E-state index in [0.29, 0.717) is 6.61 Å². The number of carboxylic acids is 1. The second-order valence-electron chi connectivity index (χ2n) is 4.99. The highest BCUT2D eigenvalue weighted by atomic mass is 16.5. The molecule has 0 heterocycles. The van der Waals surface area contributed by atoms with Crippen molar-refractivity contribution in [3.05, 3.63) is 28.3 Å². The molecule has 0 spiro atoms. The first-order valence-corrected chi connectivity index (χ1v) is 6.87. The van der Waals surface area contributed by atoms with Crippen LogP contribution in [0.1, 0.15) is 54.9 Å². The van der Waals surface area contributed by atoms with Crippen LogP contribution in [0, 0.1) is 20.8 Å². The molecule has 1 unspecified atom stereocenters. The van der Waals surface area contributed by atoms with Crippen LogP contribution < -0.4 is 4.74 Å². The largest absolute Gasteiger partial charge is 0.494 e. The van der Waals surface area contributed by atoms with Gasteiger partial charge in [-0.3, -0.25) is 4.79 Å². The average Bonchev–Trinajstić information content (AvgIpc) is 2.34. The molecule has 19 heavy (non-hydrogen) atoms. The summed E-state index contributed by atoms with van der Waals surface area (Å²) in [6, 6.07) is 2.03. The summed E-state index contributed by atoms with van der Waals surface area (Å²) >= 11 is 0. The second kappa shape index (κ2) is 6.60. The number of hydrogen-bond acceptors (Lipinski definition) is 2. The predicted molar refractivity (Wildman–Crippen MR) is 77.1 cm³/mol. The van der Waals surface area contributed by atoms with Gasteiger partial charge in [-0.15, -0.1) is 0 Å². The van der Waals surface area contributed by atoms with Gasteiger partial charge in [0.05, 0.1) is 13.0 Å². The molecule has 0 amide bonds. The number of carbonyl (C=O) groups is 1. The lowest BCUT2D eigenvalue weighted by atomic mass is 9.84. The normalized spacial score (nSPS) is 12.3. The topological polar surface area (TPSA) is 46.5 Å². The second-order valence-corrected chi connectivity index (χ2v) is 4.99. The molecule has 0 aliphatic heterocycles.